The summed E-state index contributed by atoms with van der Waals surface area (Å²) < 4.78 is 51.2. The lowest BCUT2D eigenvalue weighted by Gasteiger charge is -2.40. The van der Waals surface area contributed by atoms with E-state index >= 15 is 0 Å². The molecule has 0 aromatic heterocycles. The van der Waals surface area contributed by atoms with E-state index in [0.29, 0.717) is 6.61 Å². The maximum absolute atomic E-state index is 13.1. The zero-order valence-corrected chi connectivity index (χ0v) is 19.7. The van der Waals surface area contributed by atoms with Gasteiger partial charge in [-0.3, -0.25) is 0 Å². The van der Waals surface area contributed by atoms with Crippen LogP contribution in [0.3, 0.4) is 0 Å². The minimum absolute atomic E-state index is 0.0105. The van der Waals surface area contributed by atoms with Gasteiger partial charge in [0.2, 0.25) is 10.0 Å². The van der Waals surface area contributed by atoms with Crippen molar-refractivity contribution in [3.05, 3.63) is 71.8 Å². The SMILES string of the molecule is CC1(C)O[C@H]2O[C@H](COCc3ccccc3)[C@@](C#N)(N(Cc3ccccc3)S(C)(=O)=O)[C@H]2O1. The summed E-state index contributed by atoms with van der Waals surface area (Å²) in [4.78, 5) is 0. The molecule has 0 saturated carbocycles. The van der Waals surface area contributed by atoms with Crippen molar-refractivity contribution in [2.24, 2.45) is 0 Å². The van der Waals surface area contributed by atoms with Crippen LogP contribution in [0.5, 0.6) is 0 Å². The maximum atomic E-state index is 13.1. The van der Waals surface area contributed by atoms with Gasteiger partial charge in [-0.25, -0.2) is 8.42 Å². The molecule has 2 fully saturated rings. The number of fused-ring (bicyclic) bond motifs is 1. The number of nitriles is 1. The van der Waals surface area contributed by atoms with Crippen LogP contribution in [-0.2, 0) is 42.1 Å². The standard InChI is InChI=1S/C24H28N2O6S/c1-23(2)31-21-22(32-23)30-20(16-29-15-19-12-8-5-9-13-19)24(21,17-25)26(33(3,27)28)14-18-10-6-4-7-11-18/h4-13,20-22H,14-16H2,1-3H3/t20-,21+,22-,24-/m1/s1. The van der Waals surface area contributed by atoms with Crippen LogP contribution in [0.1, 0.15) is 25.0 Å². The Bertz CT molecular complexity index is 1100. The predicted molar refractivity (Wildman–Crippen MR) is 120 cm³/mol. The molecule has 0 bridgehead atoms. The molecule has 4 rings (SSSR count). The normalized spacial score (nSPS) is 28.5. The molecule has 176 valence electrons. The van der Waals surface area contributed by atoms with Gasteiger partial charge >= 0.3 is 0 Å². The largest absolute Gasteiger partial charge is 0.374 e. The summed E-state index contributed by atoms with van der Waals surface area (Å²) in [6.45, 7) is 3.68. The van der Waals surface area contributed by atoms with Gasteiger partial charge in [-0.15, -0.1) is 0 Å². The number of ether oxygens (including phenoxy) is 4. The molecule has 2 aromatic carbocycles. The number of sulfonamides is 1. The minimum atomic E-state index is -3.86. The van der Waals surface area contributed by atoms with Crippen LogP contribution in [0.25, 0.3) is 0 Å². The van der Waals surface area contributed by atoms with Crippen LogP contribution in [0, 0.1) is 11.3 Å². The first kappa shape index (κ1) is 23.8. The molecule has 0 aliphatic carbocycles. The Kier molecular flexibility index (Phi) is 6.60. The number of hydrogen-bond acceptors (Lipinski definition) is 7. The Hall–Kier alpha value is -2.32. The number of nitrogens with zero attached hydrogens (tertiary/aromatic N) is 2. The second-order valence-corrected chi connectivity index (χ2v) is 10.6. The van der Waals surface area contributed by atoms with Crippen molar-refractivity contribution in [2.45, 2.75) is 56.8 Å². The molecule has 9 heteroatoms. The van der Waals surface area contributed by atoms with Crippen molar-refractivity contribution in [3.63, 3.8) is 0 Å². The van der Waals surface area contributed by atoms with Gasteiger partial charge < -0.3 is 18.9 Å². The second-order valence-electron chi connectivity index (χ2n) is 8.74. The fourth-order valence-corrected chi connectivity index (χ4v) is 5.56. The van der Waals surface area contributed by atoms with E-state index in [4.69, 9.17) is 18.9 Å². The summed E-state index contributed by atoms with van der Waals surface area (Å²) in [5, 5.41) is 10.5. The van der Waals surface area contributed by atoms with E-state index in [1.165, 1.54) is 4.31 Å². The average Bonchev–Trinajstić information content (AvgIpc) is 3.22. The molecule has 0 radical (unpaired) electrons. The van der Waals surface area contributed by atoms with Gasteiger partial charge in [0.1, 0.15) is 12.2 Å². The van der Waals surface area contributed by atoms with Gasteiger partial charge in [-0.2, -0.15) is 9.57 Å². The molecule has 0 spiro atoms. The number of benzene rings is 2. The summed E-state index contributed by atoms with van der Waals surface area (Å²) in [5.41, 5.74) is 0.0118. The Balaban J connectivity index is 1.68. The van der Waals surface area contributed by atoms with Crippen LogP contribution in [-0.4, -0.2) is 55.4 Å². The van der Waals surface area contributed by atoms with Crippen molar-refractivity contribution in [1.29, 1.82) is 5.26 Å². The summed E-state index contributed by atoms with van der Waals surface area (Å²) in [6.07, 6.45) is -1.67. The highest BCUT2D eigenvalue weighted by Crippen LogP contribution is 2.47. The topological polar surface area (TPSA) is 98.1 Å². The molecular weight excluding hydrogens is 444 g/mol. The third-order valence-corrected chi connectivity index (χ3v) is 7.05. The van der Waals surface area contributed by atoms with Crippen LogP contribution >= 0.6 is 0 Å². The Morgan fingerprint density at radius 3 is 2.21 bits per heavy atom. The zero-order chi connectivity index (χ0) is 23.7. The molecular formula is C24H28N2O6S. The van der Waals surface area contributed by atoms with E-state index in [-0.39, 0.29) is 13.2 Å². The quantitative estimate of drug-likeness (QED) is 0.583. The highest BCUT2D eigenvalue weighted by Gasteiger charge is 2.68. The van der Waals surface area contributed by atoms with Crippen LogP contribution in [0.15, 0.2) is 60.7 Å². The fourth-order valence-electron chi connectivity index (χ4n) is 4.37. The fraction of sp³-hybridized carbons (Fsp3) is 0.458. The minimum Gasteiger partial charge on any atom is -0.374 e. The van der Waals surface area contributed by atoms with E-state index in [0.717, 1.165) is 17.4 Å². The Labute approximate surface area is 194 Å². The zero-order valence-electron chi connectivity index (χ0n) is 18.9. The Morgan fingerprint density at radius 1 is 1.03 bits per heavy atom. The third kappa shape index (κ3) is 4.82. The highest BCUT2D eigenvalue weighted by atomic mass is 32.2. The van der Waals surface area contributed by atoms with Crippen molar-refractivity contribution < 1.29 is 27.4 Å². The van der Waals surface area contributed by atoms with Crippen LogP contribution in [0.2, 0.25) is 0 Å². The van der Waals surface area contributed by atoms with E-state index < -0.39 is 39.8 Å². The Morgan fingerprint density at radius 2 is 1.64 bits per heavy atom. The van der Waals surface area contributed by atoms with E-state index in [2.05, 4.69) is 6.07 Å². The molecule has 0 N–H and O–H groups in total. The molecule has 2 saturated heterocycles. The smallest absolute Gasteiger partial charge is 0.213 e. The number of hydrogen-bond donors (Lipinski definition) is 0. The first-order valence-electron chi connectivity index (χ1n) is 10.7. The summed E-state index contributed by atoms with van der Waals surface area (Å²) >= 11 is 0. The molecule has 33 heavy (non-hydrogen) atoms. The van der Waals surface area contributed by atoms with Crippen molar-refractivity contribution in [2.75, 3.05) is 12.9 Å². The first-order valence-corrected chi connectivity index (χ1v) is 12.6. The highest BCUT2D eigenvalue weighted by molar-refractivity contribution is 7.88. The third-order valence-electron chi connectivity index (χ3n) is 5.82. The molecule has 2 aromatic rings. The molecule has 2 aliphatic rings. The van der Waals surface area contributed by atoms with Crippen molar-refractivity contribution in [3.8, 4) is 6.07 Å². The lowest BCUT2D eigenvalue weighted by molar-refractivity contribution is -0.219. The first-order chi connectivity index (χ1) is 15.7. The van der Waals surface area contributed by atoms with Crippen molar-refractivity contribution in [1.82, 2.24) is 4.31 Å². The lowest BCUT2D eigenvalue weighted by Crippen LogP contribution is -2.62. The van der Waals surface area contributed by atoms with E-state index in [1.54, 1.807) is 13.8 Å². The monoisotopic (exact) mass is 472 g/mol. The van der Waals surface area contributed by atoms with E-state index in [9.17, 15) is 13.7 Å². The predicted octanol–water partition coefficient (Wildman–Crippen LogP) is 2.80. The van der Waals surface area contributed by atoms with Crippen LogP contribution in [0.4, 0.5) is 0 Å². The molecule has 8 nitrogen and oxygen atoms in total. The molecule has 0 unspecified atom stereocenters. The van der Waals surface area contributed by atoms with Gasteiger partial charge in [-0.05, 0) is 25.0 Å². The average molecular weight is 473 g/mol. The summed E-state index contributed by atoms with van der Waals surface area (Å²) in [7, 11) is -3.86. The van der Waals surface area contributed by atoms with Crippen LogP contribution < -0.4 is 0 Å². The van der Waals surface area contributed by atoms with Gasteiger partial charge in [-0.1, -0.05) is 60.7 Å². The van der Waals surface area contributed by atoms with E-state index in [1.807, 2.05) is 60.7 Å². The molecule has 2 heterocycles. The molecule has 0 amide bonds. The second kappa shape index (κ2) is 9.14. The summed E-state index contributed by atoms with van der Waals surface area (Å²) in [6, 6.07) is 20.9. The van der Waals surface area contributed by atoms with Gasteiger partial charge in [0, 0.05) is 6.54 Å². The number of rotatable bonds is 8. The molecule has 2 aliphatic heterocycles. The molecule has 4 atom stereocenters. The lowest BCUT2D eigenvalue weighted by atomic mass is 9.89. The van der Waals surface area contributed by atoms with Gasteiger partial charge in [0.15, 0.2) is 17.6 Å². The van der Waals surface area contributed by atoms with Crippen molar-refractivity contribution >= 4 is 10.0 Å². The van der Waals surface area contributed by atoms with Gasteiger partial charge in [0.25, 0.3) is 0 Å². The summed E-state index contributed by atoms with van der Waals surface area (Å²) in [5.74, 6) is -1.02. The maximum Gasteiger partial charge on any atom is 0.213 e. The van der Waals surface area contributed by atoms with Gasteiger partial charge in [0.05, 0.1) is 25.5 Å².